The fourth-order valence-electron chi connectivity index (χ4n) is 2.78. The highest BCUT2D eigenvalue weighted by atomic mass is 35.5. The van der Waals surface area contributed by atoms with Crippen molar-refractivity contribution in [3.8, 4) is 11.6 Å². The zero-order chi connectivity index (χ0) is 20.5. The highest BCUT2D eigenvalue weighted by molar-refractivity contribution is 6.29. The number of aliphatic imine (C=N–C) groups is 1. The zero-order valence-electron chi connectivity index (χ0n) is 14.0. The average molecular weight is 422 g/mol. The van der Waals surface area contributed by atoms with Crippen molar-refractivity contribution in [1.82, 2.24) is 4.98 Å². The topological polar surface area (TPSA) is 69.7 Å². The van der Waals surface area contributed by atoms with Gasteiger partial charge in [-0.3, -0.25) is 0 Å². The van der Waals surface area contributed by atoms with Crippen LogP contribution in [0.15, 0.2) is 41.4 Å². The number of nitrogens with zero attached hydrogens (tertiary/aromatic N) is 2. The van der Waals surface area contributed by atoms with Crippen LogP contribution in [-0.2, 0) is 10.3 Å². The Hall–Kier alpha value is -2.62. The van der Waals surface area contributed by atoms with Crippen molar-refractivity contribution >= 4 is 17.6 Å². The lowest BCUT2D eigenvalue weighted by atomic mass is 9.84. The summed E-state index contributed by atoms with van der Waals surface area (Å²) in [7, 11) is 0. The summed E-state index contributed by atoms with van der Waals surface area (Å²) in [5, 5.41) is 0.134. The number of pyridine rings is 1. The molecule has 2 atom stereocenters. The van der Waals surface area contributed by atoms with Gasteiger partial charge in [-0.15, -0.1) is 0 Å². The summed E-state index contributed by atoms with van der Waals surface area (Å²) in [6.07, 6.45) is -8.25. The van der Waals surface area contributed by atoms with Gasteiger partial charge in [0.25, 0.3) is 6.02 Å². The van der Waals surface area contributed by atoms with Gasteiger partial charge in [0.05, 0.1) is 0 Å². The van der Waals surface area contributed by atoms with Gasteiger partial charge in [0, 0.05) is 18.1 Å². The van der Waals surface area contributed by atoms with Gasteiger partial charge in [-0.1, -0.05) is 17.7 Å². The Balaban J connectivity index is 2.01. The lowest BCUT2D eigenvalue weighted by Crippen LogP contribution is -2.48. The number of benzene rings is 1. The number of hydrogen-bond acceptors (Lipinski definition) is 5. The third-order valence-corrected chi connectivity index (χ3v) is 4.26. The summed E-state index contributed by atoms with van der Waals surface area (Å²) in [4.78, 5) is 7.54. The standard InChI is InChI=1S/C17H13ClF5N3O2/c18-13-2-1-3-14(25-13)27-9-4-5-11(20)10(6-9)16(8-19)7-12(17(21,22)23)28-15(24)26-16/h1-6,12H,7-8H2,(H2,24,26). The minimum atomic E-state index is -4.84. The molecule has 2 unspecified atom stereocenters. The maximum Gasteiger partial charge on any atom is 0.425 e. The first-order chi connectivity index (χ1) is 13.1. The van der Waals surface area contributed by atoms with E-state index < -0.39 is 48.3 Å². The largest absolute Gasteiger partial charge is 0.452 e. The Bertz CT molecular complexity index is 909. The lowest BCUT2D eigenvalue weighted by molar-refractivity contribution is -0.209. The molecule has 0 saturated carbocycles. The van der Waals surface area contributed by atoms with Gasteiger partial charge < -0.3 is 15.2 Å². The van der Waals surface area contributed by atoms with Crippen molar-refractivity contribution in [3.63, 3.8) is 0 Å². The summed E-state index contributed by atoms with van der Waals surface area (Å²) in [5.74, 6) is -0.909. The molecule has 2 heterocycles. The highest BCUT2D eigenvalue weighted by Crippen LogP contribution is 2.42. The Kier molecular flexibility index (Phi) is 5.33. The lowest BCUT2D eigenvalue weighted by Gasteiger charge is -2.36. The molecule has 1 aliphatic heterocycles. The summed E-state index contributed by atoms with van der Waals surface area (Å²) in [6.45, 7) is -1.43. The first-order valence-corrected chi connectivity index (χ1v) is 8.26. The molecule has 1 aromatic heterocycles. The molecular formula is C17H13ClF5N3O2. The van der Waals surface area contributed by atoms with Gasteiger partial charge in [-0.05, 0) is 24.3 Å². The number of nitrogens with two attached hydrogens (primary N) is 1. The van der Waals surface area contributed by atoms with E-state index in [0.29, 0.717) is 0 Å². The van der Waals surface area contributed by atoms with E-state index in [1.165, 1.54) is 18.2 Å². The van der Waals surface area contributed by atoms with Crippen LogP contribution in [0.1, 0.15) is 12.0 Å². The van der Waals surface area contributed by atoms with Crippen LogP contribution >= 0.6 is 11.6 Å². The Labute approximate surface area is 160 Å². The second-order valence-corrected chi connectivity index (χ2v) is 6.40. The van der Waals surface area contributed by atoms with Crippen LogP contribution in [-0.4, -0.2) is 30.0 Å². The van der Waals surface area contributed by atoms with Crippen molar-refractivity contribution in [2.24, 2.45) is 10.7 Å². The molecule has 0 fully saturated rings. The quantitative estimate of drug-likeness (QED) is 0.583. The molecule has 0 saturated heterocycles. The molecular weight excluding hydrogens is 409 g/mol. The number of ether oxygens (including phenoxy) is 2. The number of rotatable bonds is 4. The van der Waals surface area contributed by atoms with Crippen LogP contribution in [0.3, 0.4) is 0 Å². The summed E-state index contributed by atoms with van der Waals surface area (Å²) in [6, 6.07) is 6.82. The summed E-state index contributed by atoms with van der Waals surface area (Å²) < 4.78 is 77.6. The van der Waals surface area contributed by atoms with Gasteiger partial charge in [0.1, 0.15) is 28.9 Å². The molecule has 150 valence electrons. The number of halogens is 6. The molecule has 0 bridgehead atoms. The van der Waals surface area contributed by atoms with Gasteiger partial charge in [0.2, 0.25) is 5.88 Å². The smallest absolute Gasteiger partial charge is 0.425 e. The Morgan fingerprint density at radius 1 is 1.29 bits per heavy atom. The molecule has 2 aromatic rings. The minimum absolute atomic E-state index is 0.00261. The summed E-state index contributed by atoms with van der Waals surface area (Å²) >= 11 is 5.76. The first-order valence-electron chi connectivity index (χ1n) is 7.88. The molecule has 3 rings (SSSR count). The van der Waals surface area contributed by atoms with E-state index in [1.54, 1.807) is 6.07 Å². The normalized spacial score (nSPS) is 22.4. The molecule has 1 aliphatic rings. The van der Waals surface area contributed by atoms with Crippen LogP contribution < -0.4 is 10.5 Å². The fourth-order valence-corrected chi connectivity index (χ4v) is 2.93. The SMILES string of the molecule is NC1=NC(CF)(c2cc(Oc3cccc(Cl)n3)ccc2F)CC(C(F)(F)F)O1. The van der Waals surface area contributed by atoms with Crippen molar-refractivity contribution in [2.75, 3.05) is 6.67 Å². The third-order valence-electron chi connectivity index (χ3n) is 4.05. The van der Waals surface area contributed by atoms with E-state index in [2.05, 4.69) is 14.7 Å². The van der Waals surface area contributed by atoms with Gasteiger partial charge in [-0.2, -0.15) is 13.2 Å². The van der Waals surface area contributed by atoms with E-state index in [9.17, 15) is 22.0 Å². The molecule has 28 heavy (non-hydrogen) atoms. The number of hydrogen-bond donors (Lipinski definition) is 1. The van der Waals surface area contributed by atoms with E-state index in [1.807, 2.05) is 0 Å². The van der Waals surface area contributed by atoms with Crippen LogP contribution in [0.4, 0.5) is 22.0 Å². The molecule has 0 amide bonds. The highest BCUT2D eigenvalue weighted by Gasteiger charge is 2.52. The molecule has 2 N–H and O–H groups in total. The monoisotopic (exact) mass is 421 g/mol. The second-order valence-electron chi connectivity index (χ2n) is 6.01. The van der Waals surface area contributed by atoms with Crippen LogP contribution in [0.5, 0.6) is 11.6 Å². The average Bonchev–Trinajstić information content (AvgIpc) is 2.62. The molecule has 0 spiro atoms. The Morgan fingerprint density at radius 3 is 2.68 bits per heavy atom. The van der Waals surface area contributed by atoms with Gasteiger partial charge in [0.15, 0.2) is 6.10 Å². The van der Waals surface area contributed by atoms with Gasteiger partial charge >= 0.3 is 6.18 Å². The summed E-state index contributed by atoms with van der Waals surface area (Å²) in [5.41, 5.74) is 2.66. The van der Waals surface area contributed by atoms with E-state index >= 15 is 0 Å². The zero-order valence-corrected chi connectivity index (χ0v) is 14.8. The Morgan fingerprint density at radius 2 is 2.04 bits per heavy atom. The molecule has 5 nitrogen and oxygen atoms in total. The minimum Gasteiger partial charge on any atom is -0.452 e. The van der Waals surface area contributed by atoms with Crippen LogP contribution in [0.25, 0.3) is 0 Å². The molecule has 0 aliphatic carbocycles. The molecule has 0 radical (unpaired) electrons. The van der Waals surface area contributed by atoms with Crippen molar-refractivity contribution < 1.29 is 31.4 Å². The second kappa shape index (κ2) is 7.42. The van der Waals surface area contributed by atoms with E-state index in [4.69, 9.17) is 22.1 Å². The molecule has 11 heteroatoms. The first kappa shape index (κ1) is 20.1. The number of alkyl halides is 4. The molecule has 1 aromatic carbocycles. The number of aromatic nitrogens is 1. The predicted octanol–water partition coefficient (Wildman–Crippen LogP) is 4.50. The predicted molar refractivity (Wildman–Crippen MR) is 90.5 cm³/mol. The van der Waals surface area contributed by atoms with Crippen LogP contribution in [0, 0.1) is 5.82 Å². The van der Waals surface area contributed by atoms with Crippen molar-refractivity contribution in [3.05, 3.63) is 52.9 Å². The maximum atomic E-state index is 14.4. The fraction of sp³-hybridized carbons (Fsp3) is 0.294. The maximum absolute atomic E-state index is 14.4. The number of amidine groups is 1. The van der Waals surface area contributed by atoms with Crippen molar-refractivity contribution in [1.29, 1.82) is 0 Å². The van der Waals surface area contributed by atoms with E-state index in [0.717, 1.165) is 12.1 Å². The van der Waals surface area contributed by atoms with Crippen LogP contribution in [0.2, 0.25) is 5.15 Å². The third kappa shape index (κ3) is 4.11. The van der Waals surface area contributed by atoms with Gasteiger partial charge in [-0.25, -0.2) is 18.8 Å². The van der Waals surface area contributed by atoms with E-state index in [-0.39, 0.29) is 16.8 Å². The van der Waals surface area contributed by atoms with Crippen molar-refractivity contribution in [2.45, 2.75) is 24.2 Å².